The third kappa shape index (κ3) is 4.03. The molecule has 0 unspecified atom stereocenters. The van der Waals surface area contributed by atoms with Crippen LogP contribution in [-0.4, -0.2) is 23.8 Å². The van der Waals surface area contributed by atoms with Gasteiger partial charge in [-0.2, -0.15) is 5.10 Å². The lowest BCUT2D eigenvalue weighted by Crippen LogP contribution is -2.03. The minimum atomic E-state index is -0.365. The summed E-state index contributed by atoms with van der Waals surface area (Å²) in [6, 6.07) is 7.36. The van der Waals surface area contributed by atoms with Crippen LogP contribution in [0.1, 0.15) is 27.9 Å². The zero-order valence-corrected chi connectivity index (χ0v) is 13.2. The van der Waals surface area contributed by atoms with Gasteiger partial charge in [0.25, 0.3) is 0 Å². The van der Waals surface area contributed by atoms with Gasteiger partial charge in [0.15, 0.2) is 0 Å². The predicted octanol–water partition coefficient (Wildman–Crippen LogP) is 3.73. The van der Waals surface area contributed by atoms with Gasteiger partial charge in [0, 0.05) is 10.6 Å². The fourth-order valence-corrected chi connectivity index (χ4v) is 2.56. The van der Waals surface area contributed by atoms with E-state index in [0.717, 1.165) is 5.56 Å². The molecule has 0 amide bonds. The summed E-state index contributed by atoms with van der Waals surface area (Å²) in [5.74, 6) is -0.365. The van der Waals surface area contributed by atoms with Crippen molar-refractivity contribution in [1.82, 2.24) is 4.98 Å². The second-order valence-electron chi connectivity index (χ2n) is 4.05. The average molecular weight is 324 g/mol. The number of halogens is 1. The Labute approximate surface area is 131 Å². The Hall–Kier alpha value is -1.92. The molecule has 1 N–H and O–H groups in total. The van der Waals surface area contributed by atoms with Gasteiger partial charge in [-0.05, 0) is 19.9 Å². The molecular weight excluding hydrogens is 310 g/mol. The van der Waals surface area contributed by atoms with Crippen LogP contribution in [0.5, 0.6) is 0 Å². The summed E-state index contributed by atoms with van der Waals surface area (Å²) in [4.78, 5) is 16.4. The summed E-state index contributed by atoms with van der Waals surface area (Å²) in [6.07, 6.45) is 1.60. The fourth-order valence-electron chi connectivity index (χ4n) is 1.57. The number of anilines is 1. The smallest absolute Gasteiger partial charge is 0.350 e. The van der Waals surface area contributed by atoms with Crippen LogP contribution in [0.2, 0.25) is 5.02 Å². The molecule has 5 nitrogen and oxygen atoms in total. The number of hydrogen-bond acceptors (Lipinski definition) is 6. The molecule has 0 radical (unpaired) electrons. The van der Waals surface area contributed by atoms with Crippen molar-refractivity contribution in [2.24, 2.45) is 5.10 Å². The van der Waals surface area contributed by atoms with Crippen molar-refractivity contribution in [2.75, 3.05) is 12.0 Å². The lowest BCUT2D eigenvalue weighted by atomic mass is 10.2. The van der Waals surface area contributed by atoms with Gasteiger partial charge in [0.2, 0.25) is 5.13 Å². The molecule has 0 bridgehead atoms. The van der Waals surface area contributed by atoms with Crippen molar-refractivity contribution in [3.8, 4) is 0 Å². The van der Waals surface area contributed by atoms with E-state index in [1.807, 2.05) is 18.2 Å². The lowest BCUT2D eigenvalue weighted by molar-refractivity contribution is 0.0531. The number of benzene rings is 1. The largest absolute Gasteiger partial charge is 0.462 e. The highest BCUT2D eigenvalue weighted by molar-refractivity contribution is 7.17. The van der Waals surface area contributed by atoms with Gasteiger partial charge >= 0.3 is 5.97 Å². The van der Waals surface area contributed by atoms with Crippen LogP contribution in [0.25, 0.3) is 0 Å². The van der Waals surface area contributed by atoms with Crippen molar-refractivity contribution in [2.45, 2.75) is 13.8 Å². The molecule has 2 aromatic rings. The van der Waals surface area contributed by atoms with E-state index in [1.54, 1.807) is 26.1 Å². The molecule has 0 spiro atoms. The first-order valence-corrected chi connectivity index (χ1v) is 7.49. The molecule has 0 saturated carbocycles. The third-order valence-electron chi connectivity index (χ3n) is 2.53. The quantitative estimate of drug-likeness (QED) is 0.517. The van der Waals surface area contributed by atoms with Crippen molar-refractivity contribution in [3.63, 3.8) is 0 Å². The minimum Gasteiger partial charge on any atom is -0.462 e. The van der Waals surface area contributed by atoms with Gasteiger partial charge in [-0.1, -0.05) is 41.1 Å². The van der Waals surface area contributed by atoms with Gasteiger partial charge in [-0.3, -0.25) is 5.43 Å². The van der Waals surface area contributed by atoms with Crippen LogP contribution in [0.4, 0.5) is 5.13 Å². The molecule has 0 saturated heterocycles. The Morgan fingerprint density at radius 2 is 2.29 bits per heavy atom. The monoisotopic (exact) mass is 323 g/mol. The van der Waals surface area contributed by atoms with Crippen LogP contribution in [0.3, 0.4) is 0 Å². The third-order valence-corrected chi connectivity index (χ3v) is 3.91. The number of carbonyl (C=O) groups excluding carboxylic acids is 1. The van der Waals surface area contributed by atoms with Gasteiger partial charge in [0.05, 0.1) is 18.5 Å². The molecule has 21 heavy (non-hydrogen) atoms. The van der Waals surface area contributed by atoms with Gasteiger partial charge in [-0.25, -0.2) is 9.78 Å². The number of aryl methyl sites for hydroxylation is 1. The van der Waals surface area contributed by atoms with E-state index in [2.05, 4.69) is 15.5 Å². The fraction of sp³-hybridized carbons (Fsp3) is 0.214. The second kappa shape index (κ2) is 7.19. The zero-order valence-electron chi connectivity index (χ0n) is 11.6. The van der Waals surface area contributed by atoms with E-state index < -0.39 is 0 Å². The lowest BCUT2D eigenvalue weighted by Gasteiger charge is -1.97. The highest BCUT2D eigenvalue weighted by Crippen LogP contribution is 2.23. The summed E-state index contributed by atoms with van der Waals surface area (Å²) in [7, 11) is 0. The Balaban J connectivity index is 2.06. The Kier molecular flexibility index (Phi) is 5.30. The van der Waals surface area contributed by atoms with Gasteiger partial charge in [0.1, 0.15) is 4.88 Å². The van der Waals surface area contributed by atoms with E-state index in [1.165, 1.54) is 11.3 Å². The second-order valence-corrected chi connectivity index (χ2v) is 5.45. The maximum atomic E-state index is 11.7. The van der Waals surface area contributed by atoms with Crippen LogP contribution in [0, 0.1) is 6.92 Å². The molecule has 1 aromatic heterocycles. The molecule has 2 rings (SSSR count). The molecule has 0 fully saturated rings. The van der Waals surface area contributed by atoms with E-state index >= 15 is 0 Å². The predicted molar refractivity (Wildman–Crippen MR) is 85.5 cm³/mol. The number of rotatable bonds is 5. The summed E-state index contributed by atoms with van der Waals surface area (Å²) < 4.78 is 4.96. The summed E-state index contributed by atoms with van der Waals surface area (Å²) >= 11 is 7.22. The molecule has 110 valence electrons. The highest BCUT2D eigenvalue weighted by atomic mass is 35.5. The van der Waals surface area contributed by atoms with E-state index in [-0.39, 0.29) is 5.97 Å². The molecule has 1 aromatic carbocycles. The molecule has 0 atom stereocenters. The van der Waals surface area contributed by atoms with E-state index in [4.69, 9.17) is 16.3 Å². The Bertz CT molecular complexity index is 670. The van der Waals surface area contributed by atoms with Crippen LogP contribution in [-0.2, 0) is 4.74 Å². The number of esters is 1. The summed E-state index contributed by atoms with van der Waals surface area (Å²) in [5.41, 5.74) is 4.21. The molecule has 0 aliphatic carbocycles. The van der Waals surface area contributed by atoms with E-state index in [9.17, 15) is 4.79 Å². The number of hydrazone groups is 1. The summed E-state index contributed by atoms with van der Waals surface area (Å²) in [6.45, 7) is 3.86. The topological polar surface area (TPSA) is 63.6 Å². The molecule has 0 aliphatic rings. The highest BCUT2D eigenvalue weighted by Gasteiger charge is 2.15. The zero-order chi connectivity index (χ0) is 15.2. The number of nitrogens with zero attached hydrogens (tertiary/aromatic N) is 2. The first-order valence-electron chi connectivity index (χ1n) is 6.30. The Morgan fingerprint density at radius 1 is 1.52 bits per heavy atom. The maximum absolute atomic E-state index is 11.7. The van der Waals surface area contributed by atoms with Gasteiger partial charge in [-0.15, -0.1) is 0 Å². The SMILES string of the molecule is CCOC(=O)c1sc(N/N=C/c2ccccc2Cl)nc1C. The number of thiazole rings is 1. The van der Waals surface area contributed by atoms with Crippen molar-refractivity contribution < 1.29 is 9.53 Å². The first kappa shape index (κ1) is 15.5. The molecule has 7 heteroatoms. The first-order chi connectivity index (χ1) is 10.1. The number of ether oxygens (including phenoxy) is 1. The van der Waals surface area contributed by atoms with Crippen molar-refractivity contribution in [1.29, 1.82) is 0 Å². The van der Waals surface area contributed by atoms with Crippen LogP contribution < -0.4 is 5.43 Å². The maximum Gasteiger partial charge on any atom is 0.350 e. The normalized spacial score (nSPS) is 10.8. The van der Waals surface area contributed by atoms with Gasteiger partial charge < -0.3 is 4.74 Å². The van der Waals surface area contributed by atoms with Crippen molar-refractivity contribution >= 4 is 40.3 Å². The molecule has 1 heterocycles. The average Bonchev–Trinajstić information content (AvgIpc) is 2.82. The number of hydrogen-bond donors (Lipinski definition) is 1. The number of carbonyl (C=O) groups is 1. The number of nitrogens with one attached hydrogen (secondary N) is 1. The molecular formula is C14H14ClN3O2S. The van der Waals surface area contributed by atoms with Crippen LogP contribution >= 0.6 is 22.9 Å². The minimum absolute atomic E-state index is 0.337. The van der Waals surface area contributed by atoms with Crippen LogP contribution in [0.15, 0.2) is 29.4 Å². The van der Waals surface area contributed by atoms with E-state index in [0.29, 0.717) is 27.3 Å². The van der Waals surface area contributed by atoms with Crippen molar-refractivity contribution in [3.05, 3.63) is 45.4 Å². The number of aromatic nitrogens is 1. The Morgan fingerprint density at radius 3 is 3.00 bits per heavy atom. The standard InChI is InChI=1S/C14H14ClN3O2S/c1-3-20-13(19)12-9(2)17-14(21-12)18-16-8-10-6-4-5-7-11(10)15/h4-8H,3H2,1-2H3,(H,17,18)/b16-8+. The summed E-state index contributed by atoms with van der Waals surface area (Å²) in [5, 5.41) is 5.21. The molecule has 0 aliphatic heterocycles.